The molecule has 24 heavy (non-hydrogen) atoms. The highest BCUT2D eigenvalue weighted by Gasteiger charge is 2.13. The van der Waals surface area contributed by atoms with Gasteiger partial charge >= 0.3 is 6.03 Å². The van der Waals surface area contributed by atoms with Crippen molar-refractivity contribution in [3.05, 3.63) is 36.0 Å². The van der Waals surface area contributed by atoms with Crippen molar-refractivity contribution in [3.63, 3.8) is 0 Å². The van der Waals surface area contributed by atoms with Crippen LogP contribution in [0.2, 0.25) is 0 Å². The lowest BCUT2D eigenvalue weighted by atomic mass is 10.2. The van der Waals surface area contributed by atoms with Crippen LogP contribution in [0, 0.1) is 0 Å². The van der Waals surface area contributed by atoms with E-state index in [1.165, 1.54) is 0 Å². The van der Waals surface area contributed by atoms with Gasteiger partial charge in [0.05, 0.1) is 6.04 Å². The van der Waals surface area contributed by atoms with Crippen LogP contribution >= 0.6 is 0 Å². The third-order valence-corrected chi connectivity index (χ3v) is 3.83. The Morgan fingerprint density at radius 3 is 2.62 bits per heavy atom. The van der Waals surface area contributed by atoms with Crippen molar-refractivity contribution in [2.24, 2.45) is 7.05 Å². The fraction of sp³-hybridized carbons (Fsp3) is 0.500. The quantitative estimate of drug-likeness (QED) is 0.805. The lowest BCUT2D eigenvalue weighted by molar-refractivity contribution is 0.237. The van der Waals surface area contributed by atoms with Crippen molar-refractivity contribution < 1.29 is 4.79 Å². The van der Waals surface area contributed by atoms with E-state index in [-0.39, 0.29) is 12.1 Å². The molecular weight excluding hydrogens is 306 g/mol. The summed E-state index contributed by atoms with van der Waals surface area (Å²) in [5.74, 6) is 1.65. The normalized spacial score (nSPS) is 11.8. The van der Waals surface area contributed by atoms with Crippen LogP contribution in [-0.4, -0.2) is 38.9 Å². The molecule has 0 aromatic carbocycles. The Kier molecular flexibility index (Phi) is 6.11. The van der Waals surface area contributed by atoms with Gasteiger partial charge in [0.15, 0.2) is 5.82 Å². The van der Waals surface area contributed by atoms with Crippen molar-refractivity contribution in [1.82, 2.24) is 30.4 Å². The summed E-state index contributed by atoms with van der Waals surface area (Å²) >= 11 is 0. The van der Waals surface area contributed by atoms with Crippen LogP contribution < -0.4 is 15.5 Å². The zero-order chi connectivity index (χ0) is 17.5. The van der Waals surface area contributed by atoms with E-state index in [1.807, 2.05) is 26.1 Å². The minimum absolute atomic E-state index is 0.222. The smallest absolute Gasteiger partial charge is 0.315 e. The molecule has 0 saturated carbocycles. The molecule has 0 unspecified atom stereocenters. The number of nitrogens with zero attached hydrogens (tertiary/aromatic N) is 5. The molecule has 2 heterocycles. The molecule has 2 N–H and O–H groups in total. The maximum absolute atomic E-state index is 12.0. The summed E-state index contributed by atoms with van der Waals surface area (Å²) in [6, 6.07) is 3.48. The SMILES string of the molecule is CCN(CC)c1ccc(CNC(=O)N[C@@H](C)c2nncn2C)cn1. The number of carbonyl (C=O) groups is 1. The lowest BCUT2D eigenvalue weighted by Crippen LogP contribution is -2.37. The number of urea groups is 1. The molecule has 0 aliphatic rings. The summed E-state index contributed by atoms with van der Waals surface area (Å²) in [4.78, 5) is 18.6. The maximum atomic E-state index is 12.0. The van der Waals surface area contributed by atoms with Crippen molar-refractivity contribution in [1.29, 1.82) is 0 Å². The fourth-order valence-electron chi connectivity index (χ4n) is 2.43. The number of anilines is 1. The van der Waals surface area contributed by atoms with Gasteiger partial charge in [-0.2, -0.15) is 0 Å². The van der Waals surface area contributed by atoms with Crippen molar-refractivity contribution in [2.45, 2.75) is 33.4 Å². The number of hydrogen-bond acceptors (Lipinski definition) is 5. The van der Waals surface area contributed by atoms with Crippen LogP contribution in [0.25, 0.3) is 0 Å². The first-order chi connectivity index (χ1) is 11.5. The summed E-state index contributed by atoms with van der Waals surface area (Å²) in [7, 11) is 1.84. The average molecular weight is 331 g/mol. The molecule has 0 spiro atoms. The molecular formula is C16H25N7O. The van der Waals surface area contributed by atoms with Gasteiger partial charge in [0.1, 0.15) is 12.1 Å². The van der Waals surface area contributed by atoms with Crippen molar-refractivity contribution in [3.8, 4) is 0 Å². The van der Waals surface area contributed by atoms with E-state index in [9.17, 15) is 4.79 Å². The highest BCUT2D eigenvalue weighted by atomic mass is 16.2. The second-order valence-corrected chi connectivity index (χ2v) is 5.55. The Morgan fingerprint density at radius 2 is 2.08 bits per heavy atom. The molecule has 0 saturated heterocycles. The number of aryl methyl sites for hydroxylation is 1. The predicted molar refractivity (Wildman–Crippen MR) is 92.6 cm³/mol. The Labute approximate surface area is 142 Å². The Bertz CT molecular complexity index is 649. The maximum Gasteiger partial charge on any atom is 0.315 e. The molecule has 8 heteroatoms. The van der Waals surface area contributed by atoms with E-state index in [0.717, 1.165) is 24.5 Å². The average Bonchev–Trinajstić information content (AvgIpc) is 3.01. The van der Waals surface area contributed by atoms with Gasteiger partial charge in [-0.05, 0) is 32.4 Å². The number of rotatable bonds is 7. The third kappa shape index (κ3) is 4.43. The Morgan fingerprint density at radius 1 is 1.33 bits per heavy atom. The van der Waals surface area contributed by atoms with E-state index >= 15 is 0 Å². The van der Waals surface area contributed by atoms with E-state index in [2.05, 4.69) is 44.6 Å². The summed E-state index contributed by atoms with van der Waals surface area (Å²) in [5.41, 5.74) is 0.951. The highest BCUT2D eigenvalue weighted by Crippen LogP contribution is 2.11. The predicted octanol–water partition coefficient (Wildman–Crippen LogP) is 1.62. The molecule has 130 valence electrons. The molecule has 8 nitrogen and oxygen atoms in total. The van der Waals surface area contributed by atoms with Gasteiger partial charge in [-0.3, -0.25) is 0 Å². The standard InChI is InChI=1S/C16H25N7O/c1-5-23(6-2)14-8-7-13(9-17-14)10-18-16(24)20-12(3)15-21-19-11-22(15)4/h7-9,11-12H,5-6,10H2,1-4H3,(H2,18,20,24)/t12-/m0/s1. The number of hydrogen-bond donors (Lipinski definition) is 2. The van der Waals surface area contributed by atoms with Gasteiger partial charge in [-0.15, -0.1) is 10.2 Å². The number of carbonyl (C=O) groups excluding carboxylic acids is 1. The van der Waals surface area contributed by atoms with Crippen LogP contribution in [-0.2, 0) is 13.6 Å². The number of nitrogens with one attached hydrogen (secondary N) is 2. The van der Waals surface area contributed by atoms with E-state index in [0.29, 0.717) is 12.4 Å². The largest absolute Gasteiger partial charge is 0.357 e. The Hall–Kier alpha value is -2.64. The molecule has 2 aromatic rings. The zero-order valence-electron chi connectivity index (χ0n) is 14.7. The first-order valence-electron chi connectivity index (χ1n) is 8.13. The van der Waals surface area contributed by atoms with E-state index < -0.39 is 0 Å². The van der Waals surface area contributed by atoms with Crippen molar-refractivity contribution in [2.75, 3.05) is 18.0 Å². The summed E-state index contributed by atoms with van der Waals surface area (Å²) < 4.78 is 1.78. The molecule has 0 aliphatic heterocycles. The first-order valence-corrected chi connectivity index (χ1v) is 8.13. The minimum Gasteiger partial charge on any atom is -0.357 e. The zero-order valence-corrected chi connectivity index (χ0v) is 14.7. The van der Waals surface area contributed by atoms with Crippen LogP contribution in [0.15, 0.2) is 24.7 Å². The summed E-state index contributed by atoms with van der Waals surface area (Å²) in [6.45, 7) is 8.33. The summed E-state index contributed by atoms with van der Waals surface area (Å²) in [6.07, 6.45) is 3.40. The second kappa shape index (κ2) is 8.28. The summed E-state index contributed by atoms with van der Waals surface area (Å²) in [5, 5.41) is 13.5. The van der Waals surface area contributed by atoms with E-state index in [4.69, 9.17) is 0 Å². The van der Waals surface area contributed by atoms with Crippen LogP contribution in [0.1, 0.15) is 38.2 Å². The van der Waals surface area contributed by atoms with Crippen LogP contribution in [0.4, 0.5) is 10.6 Å². The molecule has 0 radical (unpaired) electrons. The van der Waals surface area contributed by atoms with Gasteiger partial charge < -0.3 is 20.1 Å². The highest BCUT2D eigenvalue weighted by molar-refractivity contribution is 5.74. The molecule has 2 rings (SSSR count). The van der Waals surface area contributed by atoms with Gasteiger partial charge in [0, 0.05) is 32.9 Å². The molecule has 2 aromatic heterocycles. The van der Waals surface area contributed by atoms with Crippen molar-refractivity contribution >= 4 is 11.8 Å². The monoisotopic (exact) mass is 331 g/mol. The number of pyridine rings is 1. The molecule has 2 amide bonds. The van der Waals surface area contributed by atoms with Gasteiger partial charge in [-0.1, -0.05) is 6.07 Å². The van der Waals surface area contributed by atoms with Crippen LogP contribution in [0.3, 0.4) is 0 Å². The van der Waals surface area contributed by atoms with E-state index in [1.54, 1.807) is 17.1 Å². The molecule has 0 fully saturated rings. The van der Waals surface area contributed by atoms with Gasteiger partial charge in [0.25, 0.3) is 0 Å². The molecule has 0 aliphatic carbocycles. The Balaban J connectivity index is 1.84. The fourth-order valence-corrected chi connectivity index (χ4v) is 2.43. The van der Waals surface area contributed by atoms with Crippen LogP contribution in [0.5, 0.6) is 0 Å². The lowest BCUT2D eigenvalue weighted by Gasteiger charge is -2.19. The minimum atomic E-state index is -0.252. The number of amides is 2. The number of aromatic nitrogens is 4. The molecule has 0 bridgehead atoms. The first kappa shape index (κ1) is 17.7. The molecule has 1 atom stereocenters. The van der Waals surface area contributed by atoms with Gasteiger partial charge in [-0.25, -0.2) is 9.78 Å². The van der Waals surface area contributed by atoms with Gasteiger partial charge in [0.2, 0.25) is 0 Å². The topological polar surface area (TPSA) is 88.0 Å². The third-order valence-electron chi connectivity index (χ3n) is 3.83. The second-order valence-electron chi connectivity index (χ2n) is 5.55.